The van der Waals surface area contributed by atoms with Gasteiger partial charge in [-0.25, -0.2) is 0 Å². The lowest BCUT2D eigenvalue weighted by atomic mass is 10.3. The van der Waals surface area contributed by atoms with Gasteiger partial charge in [0.15, 0.2) is 0 Å². The number of hydrogen-bond acceptors (Lipinski definition) is 3. The molecule has 0 heterocycles. The van der Waals surface area contributed by atoms with Crippen molar-refractivity contribution >= 4 is 0 Å². The Labute approximate surface area is 81.8 Å². The van der Waals surface area contributed by atoms with Gasteiger partial charge < -0.3 is 14.8 Å². The van der Waals surface area contributed by atoms with Crippen molar-refractivity contribution in [2.45, 2.75) is 32.7 Å². The van der Waals surface area contributed by atoms with E-state index in [1.165, 1.54) is 0 Å². The lowest BCUT2D eigenvalue weighted by Gasteiger charge is -2.12. The van der Waals surface area contributed by atoms with Gasteiger partial charge in [-0.2, -0.15) is 0 Å². The zero-order valence-electron chi connectivity index (χ0n) is 9.14. The van der Waals surface area contributed by atoms with Crippen LogP contribution in [0.2, 0.25) is 0 Å². The van der Waals surface area contributed by atoms with E-state index < -0.39 is 0 Å². The average Bonchev–Trinajstić information content (AvgIpc) is 2.11. The summed E-state index contributed by atoms with van der Waals surface area (Å²) in [6.07, 6.45) is 2.18. The molecule has 0 aliphatic rings. The normalized spacial score (nSPS) is 13.2. The molecule has 0 saturated carbocycles. The molecule has 0 saturated heterocycles. The Morgan fingerprint density at radius 3 is 2.69 bits per heavy atom. The molecule has 1 atom stereocenters. The minimum atomic E-state index is 0.441. The number of methoxy groups -OCH3 is 1. The molecule has 0 radical (unpaired) electrons. The maximum atomic E-state index is 5.35. The molecule has 0 aliphatic carbocycles. The van der Waals surface area contributed by atoms with E-state index in [-0.39, 0.29) is 0 Å². The molecular formula is C10H23NO2. The van der Waals surface area contributed by atoms with Gasteiger partial charge in [0.1, 0.15) is 0 Å². The van der Waals surface area contributed by atoms with E-state index in [0.717, 1.165) is 39.2 Å². The summed E-state index contributed by atoms with van der Waals surface area (Å²) < 4.78 is 10.4. The van der Waals surface area contributed by atoms with Crippen LogP contribution in [0.4, 0.5) is 0 Å². The SMILES string of the molecule is CCCOCCCNC(C)COC. The number of ether oxygens (including phenoxy) is 2. The molecule has 3 heteroatoms. The Hall–Kier alpha value is -0.120. The van der Waals surface area contributed by atoms with Gasteiger partial charge >= 0.3 is 0 Å². The van der Waals surface area contributed by atoms with Gasteiger partial charge in [0.05, 0.1) is 6.61 Å². The molecule has 13 heavy (non-hydrogen) atoms. The third kappa shape index (κ3) is 9.80. The second-order valence-electron chi connectivity index (χ2n) is 3.28. The summed E-state index contributed by atoms with van der Waals surface area (Å²) >= 11 is 0. The molecule has 3 nitrogen and oxygen atoms in total. The minimum absolute atomic E-state index is 0.441. The molecule has 0 aromatic carbocycles. The Bertz CT molecular complexity index is 98.9. The molecule has 1 N–H and O–H groups in total. The van der Waals surface area contributed by atoms with Crippen molar-refractivity contribution < 1.29 is 9.47 Å². The monoisotopic (exact) mass is 189 g/mol. The van der Waals surface area contributed by atoms with E-state index >= 15 is 0 Å². The van der Waals surface area contributed by atoms with Gasteiger partial charge in [0, 0.05) is 26.4 Å². The van der Waals surface area contributed by atoms with Crippen LogP contribution in [0.1, 0.15) is 26.7 Å². The standard InChI is InChI=1S/C10H23NO2/c1-4-7-13-8-5-6-11-10(2)9-12-3/h10-11H,4-9H2,1-3H3. The van der Waals surface area contributed by atoms with Crippen molar-refractivity contribution in [3.8, 4) is 0 Å². The molecule has 0 spiro atoms. The molecule has 0 rings (SSSR count). The van der Waals surface area contributed by atoms with Crippen molar-refractivity contribution in [3.05, 3.63) is 0 Å². The highest BCUT2D eigenvalue weighted by Crippen LogP contribution is 1.86. The Morgan fingerprint density at radius 2 is 2.08 bits per heavy atom. The van der Waals surface area contributed by atoms with Crippen molar-refractivity contribution in [1.82, 2.24) is 5.32 Å². The van der Waals surface area contributed by atoms with Crippen LogP contribution in [0.25, 0.3) is 0 Å². The van der Waals surface area contributed by atoms with Crippen LogP contribution in [0, 0.1) is 0 Å². The van der Waals surface area contributed by atoms with Gasteiger partial charge in [-0.3, -0.25) is 0 Å². The summed E-state index contributed by atoms with van der Waals surface area (Å²) in [5, 5.41) is 3.36. The molecule has 0 aliphatic heterocycles. The van der Waals surface area contributed by atoms with Gasteiger partial charge in [-0.1, -0.05) is 6.92 Å². The van der Waals surface area contributed by atoms with Crippen LogP contribution >= 0.6 is 0 Å². The van der Waals surface area contributed by atoms with Gasteiger partial charge in [-0.15, -0.1) is 0 Å². The third-order valence-electron chi connectivity index (χ3n) is 1.72. The van der Waals surface area contributed by atoms with Crippen LogP contribution in [0.5, 0.6) is 0 Å². The predicted octanol–water partition coefficient (Wildman–Crippen LogP) is 1.43. The Morgan fingerprint density at radius 1 is 1.31 bits per heavy atom. The summed E-state index contributed by atoms with van der Waals surface area (Å²) in [6.45, 7) is 7.77. The van der Waals surface area contributed by atoms with Crippen LogP contribution < -0.4 is 5.32 Å². The fourth-order valence-electron chi connectivity index (χ4n) is 1.08. The third-order valence-corrected chi connectivity index (χ3v) is 1.72. The lowest BCUT2D eigenvalue weighted by Crippen LogP contribution is -2.31. The van der Waals surface area contributed by atoms with Gasteiger partial charge in [0.2, 0.25) is 0 Å². The second-order valence-corrected chi connectivity index (χ2v) is 3.28. The van der Waals surface area contributed by atoms with Crippen LogP contribution in [0.3, 0.4) is 0 Å². The van der Waals surface area contributed by atoms with Gasteiger partial charge in [0.25, 0.3) is 0 Å². The largest absolute Gasteiger partial charge is 0.383 e. The summed E-state index contributed by atoms with van der Waals surface area (Å²) in [5.41, 5.74) is 0. The first kappa shape index (κ1) is 12.9. The topological polar surface area (TPSA) is 30.5 Å². The summed E-state index contributed by atoms with van der Waals surface area (Å²) in [6, 6.07) is 0.441. The molecule has 0 fully saturated rings. The van der Waals surface area contributed by atoms with Crippen molar-refractivity contribution in [3.63, 3.8) is 0 Å². The first-order chi connectivity index (χ1) is 6.31. The van der Waals surface area contributed by atoms with Crippen molar-refractivity contribution in [2.75, 3.05) is 33.5 Å². The average molecular weight is 189 g/mol. The second kappa shape index (κ2) is 9.96. The van der Waals surface area contributed by atoms with E-state index in [0.29, 0.717) is 6.04 Å². The van der Waals surface area contributed by atoms with Crippen LogP contribution in [-0.2, 0) is 9.47 Å². The number of rotatable bonds is 9. The fourth-order valence-corrected chi connectivity index (χ4v) is 1.08. The van der Waals surface area contributed by atoms with Gasteiger partial charge in [-0.05, 0) is 26.3 Å². The Kier molecular flexibility index (Phi) is 9.87. The van der Waals surface area contributed by atoms with E-state index in [9.17, 15) is 0 Å². The highest BCUT2D eigenvalue weighted by atomic mass is 16.5. The molecule has 0 amide bonds. The highest BCUT2D eigenvalue weighted by Gasteiger charge is 1.98. The first-order valence-corrected chi connectivity index (χ1v) is 5.11. The Balaban J connectivity index is 2.97. The van der Waals surface area contributed by atoms with E-state index in [4.69, 9.17) is 9.47 Å². The molecule has 0 bridgehead atoms. The molecule has 0 aromatic rings. The fraction of sp³-hybridized carbons (Fsp3) is 1.00. The summed E-state index contributed by atoms with van der Waals surface area (Å²) in [7, 11) is 1.72. The molecule has 1 unspecified atom stereocenters. The maximum Gasteiger partial charge on any atom is 0.0613 e. The van der Waals surface area contributed by atoms with Crippen LogP contribution in [-0.4, -0.2) is 39.5 Å². The van der Waals surface area contributed by atoms with Crippen molar-refractivity contribution in [1.29, 1.82) is 0 Å². The number of hydrogen-bond donors (Lipinski definition) is 1. The predicted molar refractivity (Wildman–Crippen MR) is 55.1 cm³/mol. The smallest absolute Gasteiger partial charge is 0.0613 e. The molecule has 80 valence electrons. The first-order valence-electron chi connectivity index (χ1n) is 5.11. The summed E-state index contributed by atoms with van der Waals surface area (Å²) in [4.78, 5) is 0. The summed E-state index contributed by atoms with van der Waals surface area (Å²) in [5.74, 6) is 0. The van der Waals surface area contributed by atoms with E-state index in [1.807, 2.05) is 0 Å². The van der Waals surface area contributed by atoms with E-state index in [2.05, 4.69) is 19.2 Å². The van der Waals surface area contributed by atoms with Crippen LogP contribution in [0.15, 0.2) is 0 Å². The van der Waals surface area contributed by atoms with E-state index in [1.54, 1.807) is 7.11 Å². The maximum absolute atomic E-state index is 5.35. The zero-order valence-corrected chi connectivity index (χ0v) is 9.14. The van der Waals surface area contributed by atoms with Crippen molar-refractivity contribution in [2.24, 2.45) is 0 Å². The minimum Gasteiger partial charge on any atom is -0.383 e. The lowest BCUT2D eigenvalue weighted by molar-refractivity contribution is 0.129. The molecule has 0 aromatic heterocycles. The quantitative estimate of drug-likeness (QED) is 0.557. The zero-order chi connectivity index (χ0) is 9.94. The molecular weight excluding hydrogens is 166 g/mol. The highest BCUT2D eigenvalue weighted by molar-refractivity contribution is 4.57. The number of nitrogens with one attached hydrogen (secondary N) is 1.